The van der Waals surface area contributed by atoms with Crippen LogP contribution in [0.1, 0.15) is 77.0 Å². The Morgan fingerprint density at radius 3 is 1.12 bits per heavy atom. The lowest BCUT2D eigenvalue weighted by Crippen LogP contribution is -2.61. The number of nitrogens with zero attached hydrogens (tertiary/aromatic N) is 2. The quantitative estimate of drug-likeness (QED) is 0.680. The molecular formula is C24H32N2. The molecule has 0 saturated heterocycles. The second kappa shape index (κ2) is 4.73. The summed E-state index contributed by atoms with van der Waals surface area (Å²) in [5, 5.41) is 0. The second-order valence-corrected chi connectivity index (χ2v) is 11.6. The first-order valence-electron chi connectivity index (χ1n) is 11.5. The van der Waals surface area contributed by atoms with Crippen LogP contribution in [0, 0.1) is 42.1 Å². The van der Waals surface area contributed by atoms with Gasteiger partial charge < -0.3 is 9.80 Å². The zero-order valence-corrected chi connectivity index (χ0v) is 16.0. The maximum absolute atomic E-state index is 9.22. The molecule has 2 nitrogen and oxygen atoms in total. The summed E-state index contributed by atoms with van der Waals surface area (Å²) in [4.78, 5) is 4.96. The van der Waals surface area contributed by atoms with Crippen LogP contribution in [0.25, 0.3) is 0 Å². The van der Waals surface area contributed by atoms with Crippen molar-refractivity contribution in [3.63, 3.8) is 0 Å². The Morgan fingerprint density at radius 2 is 0.846 bits per heavy atom. The van der Waals surface area contributed by atoms with Crippen molar-refractivity contribution < 1.29 is 0 Å². The molecule has 9 aliphatic rings. The van der Waals surface area contributed by atoms with E-state index in [1.807, 2.05) is 0 Å². The van der Waals surface area contributed by atoms with E-state index in [1.54, 1.807) is 0 Å². The van der Waals surface area contributed by atoms with E-state index in [1.165, 1.54) is 77.0 Å². The normalized spacial score (nSPS) is 56.2. The van der Waals surface area contributed by atoms with Crippen LogP contribution in [0.15, 0.2) is 18.2 Å². The third-order valence-corrected chi connectivity index (χ3v) is 9.86. The lowest BCUT2D eigenvalue weighted by Gasteiger charge is -2.62. The first kappa shape index (κ1) is 15.1. The van der Waals surface area contributed by atoms with Crippen molar-refractivity contribution in [3.8, 4) is 0 Å². The molecule has 8 saturated carbocycles. The summed E-state index contributed by atoms with van der Waals surface area (Å²) in [5.74, 6) is 6.58. The number of hydrogen-bond donors (Lipinski definition) is 0. The van der Waals surface area contributed by atoms with Crippen molar-refractivity contribution >= 4 is 0 Å². The molecule has 0 aromatic rings. The van der Waals surface area contributed by atoms with Gasteiger partial charge in [-0.1, -0.05) is 0 Å². The first-order chi connectivity index (χ1) is 12.6. The predicted octanol–water partition coefficient (Wildman–Crippen LogP) is 5.16. The van der Waals surface area contributed by atoms with Gasteiger partial charge in [-0.25, -0.2) is 0 Å². The molecule has 8 fully saturated rings. The summed E-state index contributed by atoms with van der Waals surface area (Å²) < 4.78 is 0. The molecule has 8 aliphatic carbocycles. The van der Waals surface area contributed by atoms with Crippen LogP contribution in [0.2, 0.25) is 0 Å². The lowest BCUT2D eigenvalue weighted by atomic mass is 9.52. The molecule has 9 rings (SSSR count). The smallest absolute Gasteiger partial charge is 0.122 e. The van der Waals surface area contributed by atoms with Crippen LogP contribution in [-0.2, 0) is 0 Å². The van der Waals surface area contributed by atoms with E-state index in [2.05, 4.69) is 22.2 Å². The summed E-state index contributed by atoms with van der Waals surface area (Å²) in [6.07, 6.45) is 21.8. The molecule has 2 radical (unpaired) electrons. The van der Waals surface area contributed by atoms with Gasteiger partial charge in [0.1, 0.15) is 5.82 Å². The SMILES string of the molecule is [C]=C1N(C23CC4CC(CC(C4)C2)C3)C=CN1C12CC3CC(CC(C3)C1)C2. The van der Waals surface area contributed by atoms with Crippen LogP contribution in [0.3, 0.4) is 0 Å². The molecule has 0 atom stereocenters. The van der Waals surface area contributed by atoms with Gasteiger partial charge in [-0.2, -0.15) is 0 Å². The van der Waals surface area contributed by atoms with Crippen molar-refractivity contribution in [3.05, 3.63) is 24.8 Å². The Kier molecular flexibility index (Phi) is 2.74. The highest BCUT2D eigenvalue weighted by Crippen LogP contribution is 2.62. The monoisotopic (exact) mass is 348 g/mol. The minimum absolute atomic E-state index is 0.305. The standard InChI is InChI=1S/C24H32N2/c1-16-25(23-10-17-4-18(11-23)6-19(5-17)12-23)2-3-26(16)24-13-20-7-21(14-24)9-22(8-20)15-24/h2-3,17-22H,4-15H2. The van der Waals surface area contributed by atoms with Crippen LogP contribution in [-0.4, -0.2) is 20.9 Å². The minimum Gasteiger partial charge on any atom is -0.326 e. The molecule has 2 heteroatoms. The molecule has 0 aromatic carbocycles. The van der Waals surface area contributed by atoms with Crippen molar-refractivity contribution in [2.75, 3.05) is 0 Å². The van der Waals surface area contributed by atoms with Gasteiger partial charge in [0, 0.05) is 30.1 Å². The fraction of sp³-hybridized carbons (Fsp3) is 0.833. The molecule has 0 unspecified atom stereocenters. The van der Waals surface area contributed by atoms with Crippen molar-refractivity contribution in [2.24, 2.45) is 35.5 Å². The molecule has 8 bridgehead atoms. The van der Waals surface area contributed by atoms with E-state index >= 15 is 0 Å². The van der Waals surface area contributed by atoms with Crippen molar-refractivity contribution in [2.45, 2.75) is 88.1 Å². The molecule has 1 aliphatic heterocycles. The van der Waals surface area contributed by atoms with E-state index < -0.39 is 0 Å². The Labute approximate surface area is 158 Å². The second-order valence-electron chi connectivity index (χ2n) is 11.6. The molecular weight excluding hydrogens is 316 g/mol. The molecule has 0 amide bonds. The molecule has 0 aromatic heterocycles. The Morgan fingerprint density at radius 1 is 0.577 bits per heavy atom. The van der Waals surface area contributed by atoms with Crippen molar-refractivity contribution in [1.29, 1.82) is 0 Å². The zero-order chi connectivity index (χ0) is 17.1. The van der Waals surface area contributed by atoms with Gasteiger partial charge in [0.05, 0.1) is 0 Å². The maximum Gasteiger partial charge on any atom is 0.122 e. The van der Waals surface area contributed by atoms with Crippen LogP contribution >= 0.6 is 0 Å². The fourth-order valence-corrected chi connectivity index (χ4v) is 9.88. The fourth-order valence-electron chi connectivity index (χ4n) is 9.88. The Hall–Kier alpha value is -0.920. The lowest BCUT2D eigenvalue weighted by molar-refractivity contribution is -0.0845. The van der Waals surface area contributed by atoms with E-state index in [4.69, 9.17) is 0 Å². The highest BCUT2D eigenvalue weighted by Gasteiger charge is 2.58. The topological polar surface area (TPSA) is 6.48 Å². The summed E-state index contributed by atoms with van der Waals surface area (Å²) >= 11 is 0. The molecule has 0 spiro atoms. The van der Waals surface area contributed by atoms with Gasteiger partial charge in [0.2, 0.25) is 0 Å². The molecule has 1 heterocycles. The van der Waals surface area contributed by atoms with Crippen LogP contribution < -0.4 is 0 Å². The molecule has 26 heavy (non-hydrogen) atoms. The van der Waals surface area contributed by atoms with Crippen LogP contribution in [0.4, 0.5) is 0 Å². The van der Waals surface area contributed by atoms with E-state index in [0.717, 1.165) is 41.3 Å². The van der Waals surface area contributed by atoms with Crippen LogP contribution in [0.5, 0.6) is 0 Å². The van der Waals surface area contributed by atoms with Gasteiger partial charge in [0.15, 0.2) is 0 Å². The average Bonchev–Trinajstić information content (AvgIpc) is 2.95. The highest BCUT2D eigenvalue weighted by molar-refractivity contribution is 5.24. The largest absolute Gasteiger partial charge is 0.326 e. The summed E-state index contributed by atoms with van der Waals surface area (Å²) in [6, 6.07) is 0. The third kappa shape index (κ3) is 1.85. The van der Waals surface area contributed by atoms with E-state index in [9.17, 15) is 6.58 Å². The summed E-state index contributed by atoms with van der Waals surface area (Å²) in [5.41, 5.74) is 0.610. The first-order valence-corrected chi connectivity index (χ1v) is 11.5. The number of hydrogen-bond acceptors (Lipinski definition) is 2. The predicted molar refractivity (Wildman–Crippen MR) is 101 cm³/mol. The Bertz CT molecular complexity index is 562. The van der Waals surface area contributed by atoms with Gasteiger partial charge in [-0.3, -0.25) is 0 Å². The van der Waals surface area contributed by atoms with E-state index in [0.29, 0.717) is 11.1 Å². The zero-order valence-electron chi connectivity index (χ0n) is 16.0. The summed E-state index contributed by atoms with van der Waals surface area (Å²) in [7, 11) is 0. The third-order valence-electron chi connectivity index (χ3n) is 9.86. The van der Waals surface area contributed by atoms with E-state index in [-0.39, 0.29) is 0 Å². The van der Waals surface area contributed by atoms with Gasteiger partial charge in [-0.15, -0.1) is 0 Å². The molecule has 0 N–H and O–H groups in total. The Balaban J connectivity index is 1.20. The molecule has 138 valence electrons. The van der Waals surface area contributed by atoms with Gasteiger partial charge in [-0.05, 0) is 113 Å². The number of rotatable bonds is 2. The summed E-state index contributed by atoms with van der Waals surface area (Å²) in [6.45, 7) is 9.22. The minimum atomic E-state index is 0.305. The maximum atomic E-state index is 9.22. The highest BCUT2D eigenvalue weighted by atomic mass is 15.4. The average molecular weight is 349 g/mol. The van der Waals surface area contributed by atoms with Crippen molar-refractivity contribution in [1.82, 2.24) is 9.80 Å². The van der Waals surface area contributed by atoms with Gasteiger partial charge >= 0.3 is 0 Å². The van der Waals surface area contributed by atoms with Gasteiger partial charge in [0.25, 0.3) is 0 Å².